The lowest BCUT2D eigenvalue weighted by Gasteiger charge is -2.00. The van der Waals surface area contributed by atoms with Gasteiger partial charge >= 0.3 is 0 Å². The van der Waals surface area contributed by atoms with E-state index in [1.165, 1.54) is 12.1 Å². The van der Waals surface area contributed by atoms with Gasteiger partial charge in [0.1, 0.15) is 5.82 Å². The standard InChI is InChI=1S/C11H5ClFN3/c12-11-14-5-7-3-6-4-8(13)1-2-9(6)15-10(7)16-11/h1-5H. The molecule has 2 heterocycles. The van der Waals surface area contributed by atoms with Crippen LogP contribution in [0, 0.1) is 5.82 Å². The van der Waals surface area contributed by atoms with Crippen molar-refractivity contribution in [2.45, 2.75) is 0 Å². The molecule has 5 heteroatoms. The fourth-order valence-corrected chi connectivity index (χ4v) is 1.71. The zero-order valence-electron chi connectivity index (χ0n) is 7.98. The minimum Gasteiger partial charge on any atom is -0.228 e. The first-order valence-electron chi connectivity index (χ1n) is 4.61. The molecule has 0 aliphatic carbocycles. The highest BCUT2D eigenvalue weighted by Crippen LogP contribution is 2.19. The molecule has 3 aromatic rings. The third kappa shape index (κ3) is 1.47. The van der Waals surface area contributed by atoms with E-state index in [0.717, 1.165) is 10.8 Å². The maximum absolute atomic E-state index is 13.0. The average molecular weight is 234 g/mol. The minimum atomic E-state index is -0.288. The summed E-state index contributed by atoms with van der Waals surface area (Å²) >= 11 is 5.67. The summed E-state index contributed by atoms with van der Waals surface area (Å²) in [4.78, 5) is 12.1. The number of benzene rings is 1. The van der Waals surface area contributed by atoms with Gasteiger partial charge in [-0.1, -0.05) is 0 Å². The summed E-state index contributed by atoms with van der Waals surface area (Å²) in [6.07, 6.45) is 1.57. The van der Waals surface area contributed by atoms with Crippen molar-refractivity contribution < 1.29 is 4.39 Å². The van der Waals surface area contributed by atoms with Crippen molar-refractivity contribution in [3.8, 4) is 0 Å². The SMILES string of the molecule is Fc1ccc2nc3nc(Cl)ncc3cc2c1. The van der Waals surface area contributed by atoms with Crippen molar-refractivity contribution in [2.24, 2.45) is 0 Å². The molecule has 0 saturated carbocycles. The lowest BCUT2D eigenvalue weighted by molar-refractivity contribution is 0.629. The lowest BCUT2D eigenvalue weighted by atomic mass is 10.2. The maximum atomic E-state index is 13.0. The van der Waals surface area contributed by atoms with E-state index in [0.29, 0.717) is 11.2 Å². The van der Waals surface area contributed by atoms with Gasteiger partial charge in [0.05, 0.1) is 5.52 Å². The van der Waals surface area contributed by atoms with Crippen LogP contribution >= 0.6 is 11.6 Å². The molecule has 2 aromatic heterocycles. The number of rotatable bonds is 0. The Morgan fingerprint density at radius 3 is 2.81 bits per heavy atom. The van der Waals surface area contributed by atoms with E-state index in [9.17, 15) is 4.39 Å². The van der Waals surface area contributed by atoms with Gasteiger partial charge in [0.2, 0.25) is 5.28 Å². The molecule has 0 spiro atoms. The van der Waals surface area contributed by atoms with Crippen LogP contribution in [0.4, 0.5) is 4.39 Å². The van der Waals surface area contributed by atoms with Gasteiger partial charge in [0.15, 0.2) is 5.65 Å². The van der Waals surface area contributed by atoms with Crippen LogP contribution in [0.15, 0.2) is 30.5 Å². The molecule has 0 amide bonds. The van der Waals surface area contributed by atoms with Crippen LogP contribution in [0.25, 0.3) is 21.9 Å². The van der Waals surface area contributed by atoms with Crippen LogP contribution in [0.2, 0.25) is 5.28 Å². The van der Waals surface area contributed by atoms with E-state index >= 15 is 0 Å². The second-order valence-corrected chi connectivity index (χ2v) is 3.72. The van der Waals surface area contributed by atoms with E-state index in [4.69, 9.17) is 11.6 Å². The number of hydrogen-bond acceptors (Lipinski definition) is 3. The maximum Gasteiger partial charge on any atom is 0.224 e. The molecule has 16 heavy (non-hydrogen) atoms. The first-order valence-corrected chi connectivity index (χ1v) is 4.99. The highest BCUT2D eigenvalue weighted by Gasteiger charge is 2.03. The molecule has 0 aliphatic heterocycles. The highest BCUT2D eigenvalue weighted by atomic mass is 35.5. The van der Waals surface area contributed by atoms with Crippen LogP contribution in [-0.4, -0.2) is 15.0 Å². The van der Waals surface area contributed by atoms with Crippen LogP contribution in [-0.2, 0) is 0 Å². The fraction of sp³-hybridized carbons (Fsp3) is 0. The molecule has 0 atom stereocenters. The number of pyridine rings is 1. The van der Waals surface area contributed by atoms with Crippen molar-refractivity contribution in [1.29, 1.82) is 0 Å². The van der Waals surface area contributed by atoms with Gasteiger partial charge in [-0.15, -0.1) is 0 Å². The number of fused-ring (bicyclic) bond motifs is 2. The predicted molar refractivity (Wildman–Crippen MR) is 59.8 cm³/mol. The van der Waals surface area contributed by atoms with Crippen LogP contribution < -0.4 is 0 Å². The first-order chi connectivity index (χ1) is 7.72. The third-order valence-corrected chi connectivity index (χ3v) is 2.48. The summed E-state index contributed by atoms with van der Waals surface area (Å²) in [5.74, 6) is -0.288. The molecule has 0 fully saturated rings. The Morgan fingerprint density at radius 1 is 1.06 bits per heavy atom. The molecular formula is C11H5ClFN3. The minimum absolute atomic E-state index is 0.154. The van der Waals surface area contributed by atoms with Gasteiger partial charge in [-0.25, -0.2) is 14.4 Å². The largest absolute Gasteiger partial charge is 0.228 e. The molecule has 0 unspecified atom stereocenters. The van der Waals surface area contributed by atoms with Gasteiger partial charge in [-0.3, -0.25) is 0 Å². The number of aromatic nitrogens is 3. The van der Waals surface area contributed by atoms with E-state index in [-0.39, 0.29) is 11.1 Å². The van der Waals surface area contributed by atoms with Crippen LogP contribution in [0.5, 0.6) is 0 Å². The molecule has 0 aliphatic rings. The topological polar surface area (TPSA) is 38.7 Å². The van der Waals surface area contributed by atoms with Gasteiger partial charge in [-0.2, -0.15) is 4.98 Å². The van der Waals surface area contributed by atoms with E-state index in [1.807, 2.05) is 0 Å². The lowest BCUT2D eigenvalue weighted by Crippen LogP contribution is -1.89. The number of halogens is 2. The third-order valence-electron chi connectivity index (χ3n) is 2.29. The second kappa shape index (κ2) is 3.35. The Balaban J connectivity index is 2.44. The fourth-order valence-electron chi connectivity index (χ4n) is 1.58. The van der Waals surface area contributed by atoms with Gasteiger partial charge in [0.25, 0.3) is 0 Å². The molecule has 0 bridgehead atoms. The Kier molecular flexibility index (Phi) is 1.97. The van der Waals surface area contributed by atoms with Gasteiger partial charge in [-0.05, 0) is 35.9 Å². The van der Waals surface area contributed by atoms with Crippen molar-refractivity contribution in [3.05, 3.63) is 41.6 Å². The van der Waals surface area contributed by atoms with Crippen molar-refractivity contribution in [2.75, 3.05) is 0 Å². The Morgan fingerprint density at radius 2 is 1.94 bits per heavy atom. The molecule has 0 N–H and O–H groups in total. The molecule has 3 nitrogen and oxygen atoms in total. The molecular weight excluding hydrogens is 229 g/mol. The van der Waals surface area contributed by atoms with E-state index < -0.39 is 0 Å². The summed E-state index contributed by atoms with van der Waals surface area (Å²) in [5, 5.41) is 1.61. The molecule has 0 saturated heterocycles. The number of hydrogen-bond donors (Lipinski definition) is 0. The monoisotopic (exact) mass is 233 g/mol. The predicted octanol–water partition coefficient (Wildman–Crippen LogP) is 2.97. The summed E-state index contributed by atoms with van der Waals surface area (Å²) in [5.41, 5.74) is 1.20. The van der Waals surface area contributed by atoms with Crippen LogP contribution in [0.1, 0.15) is 0 Å². The van der Waals surface area contributed by atoms with E-state index in [1.54, 1.807) is 18.3 Å². The Bertz CT molecular complexity index is 638. The Hall–Kier alpha value is -1.81. The summed E-state index contributed by atoms with van der Waals surface area (Å²) in [6.45, 7) is 0. The van der Waals surface area contributed by atoms with Crippen molar-refractivity contribution in [3.63, 3.8) is 0 Å². The van der Waals surface area contributed by atoms with Crippen molar-refractivity contribution in [1.82, 2.24) is 15.0 Å². The molecule has 0 radical (unpaired) electrons. The molecule has 78 valence electrons. The summed E-state index contributed by atoms with van der Waals surface area (Å²) in [7, 11) is 0. The van der Waals surface area contributed by atoms with Gasteiger partial charge < -0.3 is 0 Å². The van der Waals surface area contributed by atoms with Gasteiger partial charge in [0, 0.05) is 17.0 Å². The quantitative estimate of drug-likeness (QED) is 0.443. The number of nitrogens with zero attached hydrogens (tertiary/aromatic N) is 3. The zero-order valence-corrected chi connectivity index (χ0v) is 8.74. The summed E-state index contributed by atoms with van der Waals surface area (Å²) < 4.78 is 13.0. The zero-order chi connectivity index (χ0) is 11.1. The average Bonchev–Trinajstić information content (AvgIpc) is 2.26. The van der Waals surface area contributed by atoms with Crippen LogP contribution in [0.3, 0.4) is 0 Å². The normalized spacial score (nSPS) is 11.1. The highest BCUT2D eigenvalue weighted by molar-refractivity contribution is 6.28. The van der Waals surface area contributed by atoms with E-state index in [2.05, 4.69) is 15.0 Å². The van der Waals surface area contributed by atoms with Crippen molar-refractivity contribution >= 4 is 33.5 Å². The molecule has 3 rings (SSSR count). The molecule has 1 aromatic carbocycles. The first kappa shape index (κ1) is 9.42. The Labute approximate surface area is 94.9 Å². The smallest absolute Gasteiger partial charge is 0.224 e. The second-order valence-electron chi connectivity index (χ2n) is 3.38. The summed E-state index contributed by atoms with van der Waals surface area (Å²) in [6, 6.07) is 6.19.